The molecule has 0 spiro atoms. The van der Waals surface area contributed by atoms with Gasteiger partial charge in [-0.2, -0.15) is 0 Å². The molecule has 1 aliphatic rings. The summed E-state index contributed by atoms with van der Waals surface area (Å²) in [4.78, 5) is 23.3. The predicted octanol–water partition coefficient (Wildman–Crippen LogP) is 3.47. The molecule has 1 aliphatic carbocycles. The van der Waals surface area contributed by atoms with Crippen LogP contribution in [0.25, 0.3) is 0 Å². The molecule has 2 rings (SSSR count). The summed E-state index contributed by atoms with van der Waals surface area (Å²) in [5, 5.41) is 11.8. The van der Waals surface area contributed by atoms with Crippen LogP contribution >= 0.6 is 0 Å². The summed E-state index contributed by atoms with van der Waals surface area (Å²) < 4.78 is 0. The van der Waals surface area contributed by atoms with Gasteiger partial charge in [-0.1, -0.05) is 38.8 Å². The topological polar surface area (TPSA) is 66.4 Å². The summed E-state index contributed by atoms with van der Waals surface area (Å²) in [5.41, 5.74) is 0.975. The number of carboxylic acids is 1. The molecule has 1 fully saturated rings. The number of nitrogens with one attached hydrogen (secondary N) is 1. The van der Waals surface area contributed by atoms with Gasteiger partial charge in [0.25, 0.3) is 0 Å². The first-order valence-electron chi connectivity index (χ1n) is 7.52. The number of aliphatic carboxylic acids is 1. The molecule has 0 heterocycles. The average molecular weight is 289 g/mol. The van der Waals surface area contributed by atoms with E-state index in [2.05, 4.69) is 5.32 Å². The van der Waals surface area contributed by atoms with Crippen LogP contribution in [0.4, 0.5) is 5.69 Å². The Kier molecular flexibility index (Phi) is 4.66. The third-order valence-electron chi connectivity index (χ3n) is 4.50. The normalized spacial score (nSPS) is 15.9. The Hall–Kier alpha value is -1.84. The molecule has 0 aliphatic heterocycles. The van der Waals surface area contributed by atoms with Crippen LogP contribution in [0, 0.1) is 11.3 Å². The zero-order chi connectivity index (χ0) is 15.5. The molecule has 4 heteroatoms. The molecule has 21 heavy (non-hydrogen) atoms. The van der Waals surface area contributed by atoms with Crippen LogP contribution in [0.1, 0.15) is 45.1 Å². The van der Waals surface area contributed by atoms with Crippen molar-refractivity contribution in [3.63, 3.8) is 0 Å². The minimum absolute atomic E-state index is 0.0156. The van der Waals surface area contributed by atoms with Gasteiger partial charge in [0.05, 0.1) is 6.42 Å². The van der Waals surface area contributed by atoms with Crippen molar-refractivity contribution in [1.29, 1.82) is 0 Å². The summed E-state index contributed by atoms with van der Waals surface area (Å²) >= 11 is 0. The first-order valence-corrected chi connectivity index (χ1v) is 7.52. The van der Waals surface area contributed by atoms with E-state index in [1.54, 1.807) is 24.3 Å². The SMILES string of the molecule is CC(C)(C(=O)Nc1cccc(CC(=O)O)c1)C1CCCC1. The van der Waals surface area contributed by atoms with E-state index in [1.807, 2.05) is 13.8 Å². The fourth-order valence-corrected chi connectivity index (χ4v) is 3.06. The van der Waals surface area contributed by atoms with E-state index in [0.717, 1.165) is 12.8 Å². The Morgan fingerprint density at radius 3 is 2.57 bits per heavy atom. The summed E-state index contributed by atoms with van der Waals surface area (Å²) in [7, 11) is 0. The second-order valence-corrected chi connectivity index (χ2v) is 6.43. The molecular formula is C17H23NO3. The van der Waals surface area contributed by atoms with Gasteiger partial charge in [-0.3, -0.25) is 9.59 Å². The molecule has 0 bridgehead atoms. The van der Waals surface area contributed by atoms with Crippen LogP contribution in [-0.4, -0.2) is 17.0 Å². The van der Waals surface area contributed by atoms with E-state index >= 15 is 0 Å². The van der Waals surface area contributed by atoms with Crippen molar-refractivity contribution < 1.29 is 14.7 Å². The van der Waals surface area contributed by atoms with Gasteiger partial charge in [0.15, 0.2) is 0 Å². The molecule has 1 saturated carbocycles. The summed E-state index contributed by atoms with van der Waals surface area (Å²) in [6, 6.07) is 7.06. The Balaban J connectivity index is 2.06. The Morgan fingerprint density at radius 2 is 1.95 bits per heavy atom. The van der Waals surface area contributed by atoms with Crippen molar-refractivity contribution in [2.24, 2.45) is 11.3 Å². The van der Waals surface area contributed by atoms with E-state index < -0.39 is 5.97 Å². The zero-order valence-corrected chi connectivity index (χ0v) is 12.7. The Bertz CT molecular complexity index is 531. The maximum atomic E-state index is 12.5. The lowest BCUT2D eigenvalue weighted by Crippen LogP contribution is -2.36. The molecule has 0 unspecified atom stereocenters. The molecule has 0 aromatic heterocycles. The number of carbonyl (C=O) groups excluding carboxylic acids is 1. The van der Waals surface area contributed by atoms with Crippen LogP contribution < -0.4 is 5.32 Å². The van der Waals surface area contributed by atoms with Crippen LogP contribution in [0.15, 0.2) is 24.3 Å². The lowest BCUT2D eigenvalue weighted by atomic mass is 9.77. The fourth-order valence-electron chi connectivity index (χ4n) is 3.06. The highest BCUT2D eigenvalue weighted by Gasteiger charge is 2.38. The zero-order valence-electron chi connectivity index (χ0n) is 12.7. The molecule has 0 saturated heterocycles. The number of rotatable bonds is 5. The molecule has 0 radical (unpaired) electrons. The Labute approximate surface area is 125 Å². The average Bonchev–Trinajstić information content (AvgIpc) is 2.92. The highest BCUT2D eigenvalue weighted by molar-refractivity contribution is 5.95. The van der Waals surface area contributed by atoms with Crippen LogP contribution in [0.5, 0.6) is 0 Å². The molecule has 4 nitrogen and oxygen atoms in total. The molecule has 1 aromatic carbocycles. The minimum Gasteiger partial charge on any atom is -0.481 e. The highest BCUT2D eigenvalue weighted by atomic mass is 16.4. The van der Waals surface area contributed by atoms with E-state index in [4.69, 9.17) is 5.11 Å². The number of hydrogen-bond donors (Lipinski definition) is 2. The van der Waals surface area contributed by atoms with Gasteiger partial charge in [0.1, 0.15) is 0 Å². The van der Waals surface area contributed by atoms with Crippen molar-refractivity contribution in [3.05, 3.63) is 29.8 Å². The van der Waals surface area contributed by atoms with Gasteiger partial charge in [0.2, 0.25) is 5.91 Å². The summed E-state index contributed by atoms with van der Waals surface area (Å²) in [6.45, 7) is 4.00. The van der Waals surface area contributed by atoms with Crippen LogP contribution in [-0.2, 0) is 16.0 Å². The first-order chi connectivity index (χ1) is 9.89. The van der Waals surface area contributed by atoms with E-state index in [1.165, 1.54) is 12.8 Å². The number of amides is 1. The lowest BCUT2D eigenvalue weighted by molar-refractivity contribution is -0.136. The van der Waals surface area contributed by atoms with Crippen molar-refractivity contribution in [3.8, 4) is 0 Å². The monoisotopic (exact) mass is 289 g/mol. The third kappa shape index (κ3) is 3.84. The van der Waals surface area contributed by atoms with Gasteiger partial charge in [-0.15, -0.1) is 0 Å². The number of carboxylic acid groups (broad SMARTS) is 1. The van der Waals surface area contributed by atoms with Gasteiger partial charge in [-0.25, -0.2) is 0 Å². The van der Waals surface area contributed by atoms with Crippen molar-refractivity contribution in [1.82, 2.24) is 0 Å². The lowest BCUT2D eigenvalue weighted by Gasteiger charge is -2.30. The maximum absolute atomic E-state index is 12.5. The molecule has 2 N–H and O–H groups in total. The predicted molar refractivity (Wildman–Crippen MR) is 82.2 cm³/mol. The largest absolute Gasteiger partial charge is 0.481 e. The number of benzene rings is 1. The molecular weight excluding hydrogens is 266 g/mol. The van der Waals surface area contributed by atoms with E-state index in [-0.39, 0.29) is 17.7 Å². The molecule has 1 amide bonds. The van der Waals surface area contributed by atoms with Crippen molar-refractivity contribution in [2.75, 3.05) is 5.32 Å². The maximum Gasteiger partial charge on any atom is 0.307 e. The number of carbonyl (C=O) groups is 2. The number of hydrogen-bond acceptors (Lipinski definition) is 2. The summed E-state index contributed by atoms with van der Waals surface area (Å²) in [6.07, 6.45) is 4.60. The molecule has 0 atom stereocenters. The summed E-state index contributed by atoms with van der Waals surface area (Å²) in [5.74, 6) is -0.425. The minimum atomic E-state index is -0.871. The van der Waals surface area contributed by atoms with Gasteiger partial charge >= 0.3 is 5.97 Å². The van der Waals surface area contributed by atoms with Gasteiger partial charge in [0, 0.05) is 11.1 Å². The van der Waals surface area contributed by atoms with E-state index in [0.29, 0.717) is 17.2 Å². The van der Waals surface area contributed by atoms with Crippen LogP contribution in [0.3, 0.4) is 0 Å². The van der Waals surface area contributed by atoms with Gasteiger partial charge < -0.3 is 10.4 Å². The quantitative estimate of drug-likeness (QED) is 0.872. The highest BCUT2D eigenvalue weighted by Crippen LogP contribution is 2.40. The van der Waals surface area contributed by atoms with Crippen molar-refractivity contribution in [2.45, 2.75) is 46.0 Å². The fraction of sp³-hybridized carbons (Fsp3) is 0.529. The number of anilines is 1. The smallest absolute Gasteiger partial charge is 0.307 e. The standard InChI is InChI=1S/C17H23NO3/c1-17(2,13-7-3-4-8-13)16(21)18-14-9-5-6-12(10-14)11-15(19)20/h5-6,9-10,13H,3-4,7-8,11H2,1-2H3,(H,18,21)(H,19,20). The Morgan fingerprint density at radius 1 is 1.29 bits per heavy atom. The van der Waals surface area contributed by atoms with E-state index in [9.17, 15) is 9.59 Å². The second kappa shape index (κ2) is 6.29. The van der Waals surface area contributed by atoms with Crippen molar-refractivity contribution >= 4 is 17.6 Å². The van der Waals surface area contributed by atoms with Gasteiger partial charge in [-0.05, 0) is 36.5 Å². The second-order valence-electron chi connectivity index (χ2n) is 6.43. The third-order valence-corrected chi connectivity index (χ3v) is 4.50. The molecule has 1 aromatic rings. The van der Waals surface area contributed by atoms with Crippen LogP contribution in [0.2, 0.25) is 0 Å². The molecule has 114 valence electrons. The first kappa shape index (κ1) is 15.5.